The maximum absolute atomic E-state index is 11.1. The minimum absolute atomic E-state index is 0.168. The summed E-state index contributed by atoms with van der Waals surface area (Å²) in [6, 6.07) is 1.45. The number of hydrogen-bond acceptors (Lipinski definition) is 2. The summed E-state index contributed by atoms with van der Waals surface area (Å²) in [7, 11) is 0. The van der Waals surface area contributed by atoms with Crippen molar-refractivity contribution in [1.29, 1.82) is 0 Å². The maximum Gasteiger partial charge on any atom is 0.337 e. The Morgan fingerprint density at radius 2 is 1.76 bits per heavy atom. The second kappa shape index (κ2) is 5.31. The lowest BCUT2D eigenvalue weighted by atomic mass is 9.95. The molecule has 1 aromatic carbocycles. The molecule has 0 aromatic heterocycles. The van der Waals surface area contributed by atoms with Crippen molar-refractivity contribution in [3.8, 4) is 0 Å². The van der Waals surface area contributed by atoms with Crippen molar-refractivity contribution in [3.05, 3.63) is 32.8 Å². The molecule has 0 amide bonds. The SMILES string of the molecule is CCc1cc(C(=O)O)c(C(=O)O)c(Br)c1CC. The lowest BCUT2D eigenvalue weighted by molar-refractivity contribution is 0.0650. The Morgan fingerprint density at radius 3 is 2.12 bits per heavy atom. The van der Waals surface area contributed by atoms with Gasteiger partial charge in [0.25, 0.3) is 0 Å². The Bertz CT molecular complexity index is 480. The number of rotatable bonds is 4. The van der Waals surface area contributed by atoms with Crippen molar-refractivity contribution in [1.82, 2.24) is 0 Å². The lowest BCUT2D eigenvalue weighted by Crippen LogP contribution is -2.12. The average molecular weight is 301 g/mol. The summed E-state index contributed by atoms with van der Waals surface area (Å²) in [5.41, 5.74) is 1.38. The van der Waals surface area contributed by atoms with Crippen LogP contribution in [0.15, 0.2) is 10.5 Å². The van der Waals surface area contributed by atoms with E-state index >= 15 is 0 Å². The second-order valence-electron chi connectivity index (χ2n) is 3.57. The van der Waals surface area contributed by atoms with Crippen LogP contribution >= 0.6 is 15.9 Å². The Hall–Kier alpha value is -1.36. The summed E-state index contributed by atoms with van der Waals surface area (Å²) in [5, 5.41) is 18.1. The summed E-state index contributed by atoms with van der Waals surface area (Å²) < 4.78 is 0.379. The van der Waals surface area contributed by atoms with Crippen molar-refractivity contribution in [2.45, 2.75) is 26.7 Å². The molecule has 0 radical (unpaired) electrons. The zero-order valence-corrected chi connectivity index (χ0v) is 11.2. The van der Waals surface area contributed by atoms with E-state index in [1.165, 1.54) is 6.07 Å². The summed E-state index contributed by atoms with van der Waals surface area (Å²) >= 11 is 3.21. The molecule has 0 bridgehead atoms. The molecule has 92 valence electrons. The normalized spacial score (nSPS) is 10.3. The third-order valence-electron chi connectivity index (χ3n) is 2.64. The molecule has 0 heterocycles. The average Bonchev–Trinajstić information content (AvgIpc) is 2.26. The lowest BCUT2D eigenvalue weighted by Gasteiger charge is -2.13. The van der Waals surface area contributed by atoms with Crippen LogP contribution in [0.4, 0.5) is 0 Å². The fourth-order valence-corrected chi connectivity index (χ4v) is 2.74. The highest BCUT2D eigenvalue weighted by molar-refractivity contribution is 9.10. The molecular formula is C12H13BrO4. The molecule has 0 atom stereocenters. The first-order valence-corrected chi connectivity index (χ1v) is 6.04. The van der Waals surface area contributed by atoms with Gasteiger partial charge in [0.2, 0.25) is 0 Å². The molecule has 0 aliphatic rings. The van der Waals surface area contributed by atoms with Crippen molar-refractivity contribution in [2.75, 3.05) is 0 Å². The predicted octanol–water partition coefficient (Wildman–Crippen LogP) is 2.97. The standard InChI is InChI=1S/C12H13BrO4/c1-3-6-5-8(11(14)15)9(12(16)17)10(13)7(6)4-2/h5H,3-4H2,1-2H3,(H,14,15)(H,16,17). The minimum Gasteiger partial charge on any atom is -0.478 e. The molecule has 0 aliphatic heterocycles. The predicted molar refractivity (Wildman–Crippen MR) is 66.8 cm³/mol. The van der Waals surface area contributed by atoms with Gasteiger partial charge < -0.3 is 10.2 Å². The fourth-order valence-electron chi connectivity index (χ4n) is 1.82. The monoisotopic (exact) mass is 300 g/mol. The van der Waals surface area contributed by atoms with Crippen molar-refractivity contribution < 1.29 is 19.8 Å². The van der Waals surface area contributed by atoms with Gasteiger partial charge in [-0.1, -0.05) is 13.8 Å². The van der Waals surface area contributed by atoms with E-state index in [9.17, 15) is 9.59 Å². The molecule has 1 rings (SSSR count). The van der Waals surface area contributed by atoms with E-state index in [-0.39, 0.29) is 11.1 Å². The first kappa shape index (κ1) is 13.7. The summed E-state index contributed by atoms with van der Waals surface area (Å²) in [6.45, 7) is 3.82. The van der Waals surface area contributed by atoms with Crippen LogP contribution in [0.5, 0.6) is 0 Å². The van der Waals surface area contributed by atoms with Gasteiger partial charge in [0, 0.05) is 4.47 Å². The number of carbonyl (C=O) groups is 2. The molecule has 0 fully saturated rings. The van der Waals surface area contributed by atoms with E-state index in [2.05, 4.69) is 15.9 Å². The molecule has 0 saturated heterocycles. The Kier molecular flexibility index (Phi) is 4.28. The second-order valence-corrected chi connectivity index (χ2v) is 4.36. The van der Waals surface area contributed by atoms with Crippen LogP contribution in [-0.4, -0.2) is 22.2 Å². The molecule has 5 heteroatoms. The molecular weight excluding hydrogens is 288 g/mol. The smallest absolute Gasteiger partial charge is 0.337 e. The molecule has 0 saturated carbocycles. The van der Waals surface area contributed by atoms with Gasteiger partial charge in [-0.2, -0.15) is 0 Å². The van der Waals surface area contributed by atoms with Gasteiger partial charge in [-0.25, -0.2) is 9.59 Å². The van der Waals surface area contributed by atoms with E-state index in [0.717, 1.165) is 11.1 Å². The third kappa shape index (κ3) is 2.49. The number of benzene rings is 1. The molecule has 17 heavy (non-hydrogen) atoms. The van der Waals surface area contributed by atoms with Gasteiger partial charge in [-0.15, -0.1) is 0 Å². The third-order valence-corrected chi connectivity index (χ3v) is 3.51. The van der Waals surface area contributed by atoms with Crippen LogP contribution < -0.4 is 0 Å². The first-order chi connectivity index (χ1) is 7.93. The van der Waals surface area contributed by atoms with E-state index in [0.29, 0.717) is 17.3 Å². The molecule has 0 spiro atoms. The van der Waals surface area contributed by atoms with Gasteiger partial charge >= 0.3 is 11.9 Å². The van der Waals surface area contributed by atoms with Gasteiger partial charge in [0.05, 0.1) is 11.1 Å². The Balaban J connectivity index is 3.67. The number of aryl methyl sites for hydroxylation is 1. The zero-order valence-electron chi connectivity index (χ0n) is 9.58. The van der Waals surface area contributed by atoms with Crippen LogP contribution in [0.1, 0.15) is 45.7 Å². The van der Waals surface area contributed by atoms with E-state index in [1.54, 1.807) is 0 Å². The van der Waals surface area contributed by atoms with Crippen LogP contribution in [0.2, 0.25) is 0 Å². The van der Waals surface area contributed by atoms with E-state index < -0.39 is 11.9 Å². The topological polar surface area (TPSA) is 74.6 Å². The quantitative estimate of drug-likeness (QED) is 0.896. The molecule has 0 unspecified atom stereocenters. The van der Waals surface area contributed by atoms with Crippen molar-refractivity contribution in [2.24, 2.45) is 0 Å². The highest BCUT2D eigenvalue weighted by Crippen LogP contribution is 2.29. The summed E-state index contributed by atoms with van der Waals surface area (Å²) in [4.78, 5) is 22.2. The van der Waals surface area contributed by atoms with Crippen molar-refractivity contribution >= 4 is 27.9 Å². The molecule has 4 nitrogen and oxygen atoms in total. The van der Waals surface area contributed by atoms with Gasteiger partial charge in [0.1, 0.15) is 0 Å². The van der Waals surface area contributed by atoms with Crippen molar-refractivity contribution in [3.63, 3.8) is 0 Å². The highest BCUT2D eigenvalue weighted by Gasteiger charge is 2.23. The summed E-state index contributed by atoms with van der Waals surface area (Å²) in [5.74, 6) is -2.45. The number of carboxylic acids is 2. The number of halogens is 1. The fraction of sp³-hybridized carbons (Fsp3) is 0.333. The zero-order chi connectivity index (χ0) is 13.2. The van der Waals surface area contributed by atoms with Gasteiger partial charge in [0.15, 0.2) is 0 Å². The molecule has 2 N–H and O–H groups in total. The number of aromatic carboxylic acids is 2. The largest absolute Gasteiger partial charge is 0.478 e. The highest BCUT2D eigenvalue weighted by atomic mass is 79.9. The van der Waals surface area contributed by atoms with Gasteiger partial charge in [-0.3, -0.25) is 0 Å². The van der Waals surface area contributed by atoms with Crippen LogP contribution in [0, 0.1) is 0 Å². The Labute approximate surface area is 107 Å². The molecule has 0 aliphatic carbocycles. The summed E-state index contributed by atoms with van der Waals surface area (Å²) in [6.07, 6.45) is 1.33. The maximum atomic E-state index is 11.1. The first-order valence-electron chi connectivity index (χ1n) is 5.24. The number of carboxylic acid groups (broad SMARTS) is 2. The van der Waals surface area contributed by atoms with E-state index in [4.69, 9.17) is 10.2 Å². The minimum atomic E-state index is -1.23. The molecule has 1 aromatic rings. The van der Waals surface area contributed by atoms with Crippen LogP contribution in [-0.2, 0) is 12.8 Å². The van der Waals surface area contributed by atoms with Crippen LogP contribution in [0.3, 0.4) is 0 Å². The van der Waals surface area contributed by atoms with Gasteiger partial charge in [-0.05, 0) is 46.0 Å². The Morgan fingerprint density at radius 1 is 1.18 bits per heavy atom. The number of hydrogen-bond donors (Lipinski definition) is 2. The van der Waals surface area contributed by atoms with E-state index in [1.807, 2.05) is 13.8 Å². The van der Waals surface area contributed by atoms with Crippen LogP contribution in [0.25, 0.3) is 0 Å².